The molecule has 3 N–H and O–H groups in total. The Morgan fingerprint density at radius 3 is 0.922 bits per heavy atom. The number of amides is 1. The molecule has 0 aromatic carbocycles. The normalized spacial score (nSPS) is 12.5. The van der Waals surface area contributed by atoms with Crippen molar-refractivity contribution in [1.29, 1.82) is 0 Å². The first-order valence-electron chi connectivity index (χ1n) is 35.4. The van der Waals surface area contributed by atoms with Gasteiger partial charge in [-0.05, 0) is 51.4 Å². The average Bonchev–Trinajstić information content (AvgIpc) is 3.43. The third-order valence-corrected chi connectivity index (χ3v) is 16.8. The first-order valence-corrected chi connectivity index (χ1v) is 35.4. The highest BCUT2D eigenvalue weighted by Crippen LogP contribution is 2.19. The summed E-state index contributed by atoms with van der Waals surface area (Å²) in [6.45, 7) is 4.99. The van der Waals surface area contributed by atoms with Crippen molar-refractivity contribution < 1.29 is 24.5 Å². The van der Waals surface area contributed by atoms with Gasteiger partial charge in [0.15, 0.2) is 0 Å². The number of hydrogen-bond donors (Lipinski definition) is 3. The average molecular weight is 1090 g/mol. The molecule has 6 heteroatoms. The molecular formula is C71H139NO5. The number of ether oxygens (including phenoxy) is 1. The molecule has 0 heterocycles. The monoisotopic (exact) mass is 1090 g/mol. The van der Waals surface area contributed by atoms with Crippen LogP contribution in [0.1, 0.15) is 406 Å². The van der Waals surface area contributed by atoms with Crippen molar-refractivity contribution in [2.24, 2.45) is 0 Å². The van der Waals surface area contributed by atoms with Crippen molar-refractivity contribution in [1.82, 2.24) is 5.32 Å². The van der Waals surface area contributed by atoms with Crippen molar-refractivity contribution in [3.63, 3.8) is 0 Å². The third kappa shape index (κ3) is 63.6. The summed E-state index contributed by atoms with van der Waals surface area (Å²) in [5.41, 5.74) is 0. The second-order valence-corrected chi connectivity index (χ2v) is 24.6. The molecule has 0 aromatic rings. The first kappa shape index (κ1) is 75.6. The molecule has 77 heavy (non-hydrogen) atoms. The lowest BCUT2D eigenvalue weighted by Gasteiger charge is -2.22. The van der Waals surface area contributed by atoms with Gasteiger partial charge in [0.2, 0.25) is 5.91 Å². The fourth-order valence-electron chi connectivity index (χ4n) is 11.4. The van der Waals surface area contributed by atoms with E-state index < -0.39 is 12.1 Å². The minimum absolute atomic E-state index is 0.0112. The van der Waals surface area contributed by atoms with Crippen LogP contribution in [0.2, 0.25) is 0 Å². The van der Waals surface area contributed by atoms with Gasteiger partial charge in [-0.15, -0.1) is 0 Å². The molecule has 0 aromatic heterocycles. The van der Waals surface area contributed by atoms with E-state index >= 15 is 0 Å². The standard InChI is InChI=1S/C71H139NO5/c1-3-5-7-9-11-13-15-17-19-20-32-36-39-43-47-51-55-59-63-69(74)68(67-73)72-70(75)64-60-56-52-48-44-40-37-33-30-28-26-24-22-21-23-25-27-29-31-34-38-42-46-50-54-58-62-66-77-71(76)65-61-57-53-49-45-41-35-18-16-14-12-10-8-6-4-2/h18,35,68-69,73-74H,3-17,19-34,36-67H2,1-2H3,(H,72,75)/b35-18-. The van der Waals surface area contributed by atoms with Crippen LogP contribution in [-0.2, 0) is 14.3 Å². The zero-order valence-electron chi connectivity index (χ0n) is 52.5. The topological polar surface area (TPSA) is 95.9 Å². The highest BCUT2D eigenvalue weighted by atomic mass is 16.5. The molecule has 0 rings (SSSR count). The van der Waals surface area contributed by atoms with Crippen LogP contribution in [0, 0.1) is 0 Å². The van der Waals surface area contributed by atoms with E-state index in [2.05, 4.69) is 31.3 Å². The van der Waals surface area contributed by atoms with Crippen LogP contribution >= 0.6 is 0 Å². The Balaban J connectivity index is 3.34. The molecule has 0 saturated carbocycles. The van der Waals surface area contributed by atoms with Crippen molar-refractivity contribution in [3.05, 3.63) is 12.2 Å². The zero-order chi connectivity index (χ0) is 55.7. The van der Waals surface area contributed by atoms with Crippen LogP contribution in [0.15, 0.2) is 12.2 Å². The SMILES string of the molecule is CCCCCCCC/C=C\CCCCCCCC(=O)OCCCCCCCCCCCCCCCCCCCCCCCCCCCCCC(=O)NC(CO)C(O)CCCCCCCCCCCCCCCCCCCC. The summed E-state index contributed by atoms with van der Waals surface area (Å²) in [4.78, 5) is 24.6. The van der Waals surface area contributed by atoms with Gasteiger partial charge >= 0.3 is 5.97 Å². The quantitative estimate of drug-likeness (QED) is 0.0320. The molecule has 0 fully saturated rings. The fourth-order valence-corrected chi connectivity index (χ4v) is 11.4. The van der Waals surface area contributed by atoms with Gasteiger partial charge in [0.25, 0.3) is 0 Å². The van der Waals surface area contributed by atoms with E-state index in [1.165, 1.54) is 327 Å². The number of esters is 1. The Labute approximate surface area is 482 Å². The van der Waals surface area contributed by atoms with Crippen LogP contribution in [-0.4, -0.2) is 47.4 Å². The molecule has 0 spiro atoms. The van der Waals surface area contributed by atoms with E-state index in [9.17, 15) is 19.8 Å². The van der Waals surface area contributed by atoms with Gasteiger partial charge in [-0.25, -0.2) is 0 Å². The molecule has 6 nitrogen and oxygen atoms in total. The largest absolute Gasteiger partial charge is 0.466 e. The second-order valence-electron chi connectivity index (χ2n) is 24.6. The lowest BCUT2D eigenvalue weighted by atomic mass is 10.0. The van der Waals surface area contributed by atoms with Crippen LogP contribution in [0.3, 0.4) is 0 Å². The number of carbonyl (C=O) groups is 2. The molecule has 2 atom stereocenters. The van der Waals surface area contributed by atoms with Gasteiger partial charge in [-0.2, -0.15) is 0 Å². The Morgan fingerprint density at radius 1 is 0.351 bits per heavy atom. The van der Waals surface area contributed by atoms with Gasteiger partial charge in [-0.1, -0.05) is 353 Å². The summed E-state index contributed by atoms with van der Waals surface area (Å²) in [5.74, 6) is -0.0168. The van der Waals surface area contributed by atoms with Crippen LogP contribution in [0.4, 0.5) is 0 Å². The first-order chi connectivity index (χ1) is 38.0. The van der Waals surface area contributed by atoms with Gasteiger partial charge in [-0.3, -0.25) is 9.59 Å². The number of aliphatic hydroxyl groups is 2. The maximum absolute atomic E-state index is 12.5. The summed E-state index contributed by atoms with van der Waals surface area (Å²) in [7, 11) is 0. The Morgan fingerprint density at radius 2 is 0.610 bits per heavy atom. The fraction of sp³-hybridized carbons (Fsp3) is 0.944. The molecule has 0 aliphatic carbocycles. The van der Waals surface area contributed by atoms with E-state index in [4.69, 9.17) is 4.74 Å². The predicted molar refractivity (Wildman–Crippen MR) is 338 cm³/mol. The summed E-state index contributed by atoms with van der Waals surface area (Å²) in [6, 6.07) is -0.539. The number of allylic oxidation sites excluding steroid dienone is 2. The van der Waals surface area contributed by atoms with E-state index in [0.717, 1.165) is 44.9 Å². The van der Waals surface area contributed by atoms with E-state index in [1.807, 2.05) is 0 Å². The lowest BCUT2D eigenvalue weighted by Crippen LogP contribution is -2.45. The minimum Gasteiger partial charge on any atom is -0.466 e. The molecule has 1 amide bonds. The number of carbonyl (C=O) groups excluding carboxylic acids is 2. The summed E-state index contributed by atoms with van der Waals surface area (Å²) < 4.78 is 5.49. The van der Waals surface area contributed by atoms with Gasteiger partial charge in [0.1, 0.15) is 0 Å². The minimum atomic E-state index is -0.662. The lowest BCUT2D eigenvalue weighted by molar-refractivity contribution is -0.143. The van der Waals surface area contributed by atoms with E-state index in [-0.39, 0.29) is 18.5 Å². The number of unbranched alkanes of at least 4 members (excludes halogenated alkanes) is 54. The molecule has 0 saturated heterocycles. The Bertz CT molecular complexity index is 1160. The number of aliphatic hydroxyl groups excluding tert-OH is 2. The van der Waals surface area contributed by atoms with Crippen LogP contribution in [0.25, 0.3) is 0 Å². The molecule has 2 unspecified atom stereocenters. The van der Waals surface area contributed by atoms with Crippen molar-refractivity contribution in [2.45, 2.75) is 418 Å². The summed E-state index contributed by atoms with van der Waals surface area (Å²) in [6.07, 6.45) is 82.6. The summed E-state index contributed by atoms with van der Waals surface area (Å²) in [5, 5.41) is 23.4. The highest BCUT2D eigenvalue weighted by Gasteiger charge is 2.20. The number of nitrogens with one attached hydrogen (secondary N) is 1. The van der Waals surface area contributed by atoms with Crippen LogP contribution in [0.5, 0.6) is 0 Å². The second kappa shape index (κ2) is 67.1. The van der Waals surface area contributed by atoms with Gasteiger partial charge in [0.05, 0.1) is 25.4 Å². The van der Waals surface area contributed by atoms with Gasteiger partial charge < -0.3 is 20.3 Å². The van der Waals surface area contributed by atoms with Crippen molar-refractivity contribution in [2.75, 3.05) is 13.2 Å². The predicted octanol–water partition coefficient (Wildman–Crippen LogP) is 22.8. The summed E-state index contributed by atoms with van der Waals surface area (Å²) >= 11 is 0. The van der Waals surface area contributed by atoms with E-state index in [1.54, 1.807) is 0 Å². The van der Waals surface area contributed by atoms with Gasteiger partial charge in [0, 0.05) is 12.8 Å². The Hall–Kier alpha value is -1.40. The maximum Gasteiger partial charge on any atom is 0.305 e. The molecule has 0 radical (unpaired) electrons. The number of rotatable bonds is 67. The van der Waals surface area contributed by atoms with Crippen molar-refractivity contribution >= 4 is 11.9 Å². The van der Waals surface area contributed by atoms with Crippen LogP contribution < -0.4 is 5.32 Å². The molecule has 0 aliphatic heterocycles. The molecule has 0 bridgehead atoms. The molecule has 458 valence electrons. The molecule has 0 aliphatic rings. The molecular weight excluding hydrogens is 947 g/mol. The number of hydrogen-bond acceptors (Lipinski definition) is 5. The zero-order valence-corrected chi connectivity index (χ0v) is 52.5. The Kier molecular flexibility index (Phi) is 65.9. The van der Waals surface area contributed by atoms with E-state index in [0.29, 0.717) is 25.9 Å². The smallest absolute Gasteiger partial charge is 0.305 e. The highest BCUT2D eigenvalue weighted by molar-refractivity contribution is 5.76. The third-order valence-electron chi connectivity index (χ3n) is 16.8. The van der Waals surface area contributed by atoms with Crippen molar-refractivity contribution in [3.8, 4) is 0 Å². The maximum atomic E-state index is 12.5.